The summed E-state index contributed by atoms with van der Waals surface area (Å²) >= 11 is 11.9. The lowest BCUT2D eigenvalue weighted by molar-refractivity contribution is 0.241. The van der Waals surface area contributed by atoms with Crippen molar-refractivity contribution in [2.75, 3.05) is 13.1 Å². The number of aromatic nitrogens is 1. The van der Waals surface area contributed by atoms with Gasteiger partial charge < -0.3 is 0 Å². The molecule has 0 saturated heterocycles. The Morgan fingerprint density at radius 2 is 2.17 bits per heavy atom. The minimum absolute atomic E-state index is 0.399. The monoisotopic (exact) mass is 285 g/mol. The molecule has 1 heterocycles. The third-order valence-corrected chi connectivity index (χ3v) is 3.01. The van der Waals surface area contributed by atoms with E-state index in [0.29, 0.717) is 29.1 Å². The van der Waals surface area contributed by atoms with E-state index in [2.05, 4.69) is 29.8 Å². The number of rotatable bonds is 6. The third-order valence-electron chi connectivity index (χ3n) is 2.45. The van der Waals surface area contributed by atoms with Crippen molar-refractivity contribution in [1.29, 1.82) is 5.26 Å². The zero-order valence-electron chi connectivity index (χ0n) is 10.7. The number of hydrogen-bond donors (Lipinski definition) is 0. The van der Waals surface area contributed by atoms with E-state index in [-0.39, 0.29) is 0 Å². The summed E-state index contributed by atoms with van der Waals surface area (Å²) in [6, 6.07) is 3.82. The second kappa shape index (κ2) is 7.58. The fourth-order valence-electron chi connectivity index (χ4n) is 1.75. The fraction of sp³-hybridized carbons (Fsp3) is 0.538. The van der Waals surface area contributed by atoms with Crippen LogP contribution in [0.3, 0.4) is 0 Å². The van der Waals surface area contributed by atoms with Gasteiger partial charge in [-0.15, -0.1) is 0 Å². The van der Waals surface area contributed by atoms with E-state index in [1.54, 1.807) is 12.3 Å². The van der Waals surface area contributed by atoms with Crippen LogP contribution >= 0.6 is 23.2 Å². The molecule has 1 rings (SSSR count). The Labute approximate surface area is 118 Å². The number of pyridine rings is 1. The number of hydrogen-bond acceptors (Lipinski definition) is 3. The molecule has 0 aliphatic carbocycles. The number of nitriles is 1. The van der Waals surface area contributed by atoms with Gasteiger partial charge in [-0.2, -0.15) is 5.26 Å². The van der Waals surface area contributed by atoms with Crippen LogP contribution in [-0.4, -0.2) is 23.0 Å². The van der Waals surface area contributed by atoms with E-state index in [1.165, 1.54) is 0 Å². The molecular formula is C13H17Cl2N3. The molecule has 3 nitrogen and oxygen atoms in total. The van der Waals surface area contributed by atoms with Gasteiger partial charge in [0.2, 0.25) is 0 Å². The Kier molecular flexibility index (Phi) is 6.42. The van der Waals surface area contributed by atoms with Gasteiger partial charge in [-0.1, -0.05) is 37.0 Å². The first kappa shape index (κ1) is 15.2. The largest absolute Gasteiger partial charge is 0.298 e. The maximum Gasteiger partial charge on any atom is 0.130 e. The summed E-state index contributed by atoms with van der Waals surface area (Å²) in [7, 11) is 0. The first-order chi connectivity index (χ1) is 8.52. The van der Waals surface area contributed by atoms with Crippen LogP contribution in [-0.2, 0) is 6.54 Å². The summed E-state index contributed by atoms with van der Waals surface area (Å²) < 4.78 is 0. The molecule has 0 saturated carbocycles. The molecule has 0 fully saturated rings. The van der Waals surface area contributed by atoms with Crippen molar-refractivity contribution in [3.8, 4) is 6.07 Å². The lowest BCUT2D eigenvalue weighted by atomic mass is 10.2. The summed E-state index contributed by atoms with van der Waals surface area (Å²) in [5.74, 6) is 0.544. The van der Waals surface area contributed by atoms with Crippen molar-refractivity contribution in [2.24, 2.45) is 5.92 Å². The van der Waals surface area contributed by atoms with E-state index >= 15 is 0 Å². The lowest BCUT2D eigenvalue weighted by Crippen LogP contribution is -2.28. The third kappa shape index (κ3) is 5.22. The minimum Gasteiger partial charge on any atom is -0.298 e. The van der Waals surface area contributed by atoms with Gasteiger partial charge in [-0.05, 0) is 12.0 Å². The molecule has 0 spiro atoms. The van der Waals surface area contributed by atoms with Gasteiger partial charge in [0, 0.05) is 42.8 Å². The standard InChI is InChI=1S/C13H17Cl2N3/c1-10(2)8-18(5-3-4-16)9-11-7-17-13(15)6-12(11)14/h6-7,10H,3,5,8-9H2,1-2H3. The molecule has 0 aromatic carbocycles. The summed E-state index contributed by atoms with van der Waals surface area (Å²) in [5, 5.41) is 9.70. The van der Waals surface area contributed by atoms with Crippen LogP contribution in [0.4, 0.5) is 0 Å². The van der Waals surface area contributed by atoms with Gasteiger partial charge >= 0.3 is 0 Å². The average Bonchev–Trinajstić information content (AvgIpc) is 2.29. The zero-order chi connectivity index (χ0) is 13.5. The molecule has 1 aromatic heterocycles. The van der Waals surface area contributed by atoms with E-state index < -0.39 is 0 Å². The first-order valence-corrected chi connectivity index (χ1v) is 6.67. The SMILES string of the molecule is CC(C)CN(CCC#N)Cc1cnc(Cl)cc1Cl. The lowest BCUT2D eigenvalue weighted by Gasteiger charge is -2.23. The van der Waals surface area contributed by atoms with Crippen LogP contribution in [0.25, 0.3) is 0 Å². The van der Waals surface area contributed by atoms with Crippen LogP contribution in [0.15, 0.2) is 12.3 Å². The van der Waals surface area contributed by atoms with Crippen molar-refractivity contribution in [3.05, 3.63) is 28.0 Å². The maximum atomic E-state index is 8.67. The van der Waals surface area contributed by atoms with Crippen LogP contribution in [0.2, 0.25) is 10.2 Å². The van der Waals surface area contributed by atoms with Crippen LogP contribution in [0.1, 0.15) is 25.8 Å². The smallest absolute Gasteiger partial charge is 0.130 e. The summed E-state index contributed by atoms with van der Waals surface area (Å²) in [6.07, 6.45) is 2.22. The van der Waals surface area contributed by atoms with Crippen LogP contribution in [0, 0.1) is 17.2 Å². The Bertz CT molecular complexity index is 427. The molecule has 0 radical (unpaired) electrons. The van der Waals surface area contributed by atoms with Crippen molar-refractivity contribution >= 4 is 23.2 Å². The number of halogens is 2. The predicted molar refractivity (Wildman–Crippen MR) is 74.6 cm³/mol. The van der Waals surface area contributed by atoms with Crippen molar-refractivity contribution in [3.63, 3.8) is 0 Å². The molecule has 0 N–H and O–H groups in total. The molecule has 0 bridgehead atoms. The highest BCUT2D eigenvalue weighted by Gasteiger charge is 2.11. The molecule has 0 atom stereocenters. The second-order valence-corrected chi connectivity index (χ2v) is 5.43. The molecular weight excluding hydrogens is 269 g/mol. The van der Waals surface area contributed by atoms with Crippen LogP contribution in [0.5, 0.6) is 0 Å². The van der Waals surface area contributed by atoms with E-state index in [9.17, 15) is 0 Å². The second-order valence-electron chi connectivity index (χ2n) is 4.64. The summed E-state index contributed by atoms with van der Waals surface area (Å²) in [6.45, 7) is 6.68. The zero-order valence-corrected chi connectivity index (χ0v) is 12.2. The molecule has 0 aliphatic rings. The normalized spacial score (nSPS) is 10.9. The molecule has 0 amide bonds. The van der Waals surface area contributed by atoms with Crippen LogP contribution < -0.4 is 0 Å². The van der Waals surface area contributed by atoms with Gasteiger partial charge in [0.25, 0.3) is 0 Å². The van der Waals surface area contributed by atoms with Gasteiger partial charge in [-0.3, -0.25) is 4.90 Å². The Morgan fingerprint density at radius 3 is 2.72 bits per heavy atom. The topological polar surface area (TPSA) is 39.9 Å². The van der Waals surface area contributed by atoms with Crippen molar-refractivity contribution < 1.29 is 0 Å². The molecule has 18 heavy (non-hydrogen) atoms. The summed E-state index contributed by atoms with van der Waals surface area (Å²) in [4.78, 5) is 6.25. The van der Waals surface area contributed by atoms with Crippen molar-refractivity contribution in [2.45, 2.75) is 26.8 Å². The highest BCUT2D eigenvalue weighted by atomic mass is 35.5. The molecule has 0 aliphatic heterocycles. The van der Waals surface area contributed by atoms with Gasteiger partial charge in [-0.25, -0.2) is 4.98 Å². The van der Waals surface area contributed by atoms with Gasteiger partial charge in [0.05, 0.1) is 6.07 Å². The van der Waals surface area contributed by atoms with Gasteiger partial charge in [0.1, 0.15) is 5.15 Å². The molecule has 0 unspecified atom stereocenters. The van der Waals surface area contributed by atoms with E-state index in [1.807, 2.05) is 0 Å². The molecule has 98 valence electrons. The Hall–Kier alpha value is -0.820. The predicted octanol–water partition coefficient (Wildman–Crippen LogP) is 3.76. The van der Waals surface area contributed by atoms with E-state index in [4.69, 9.17) is 28.5 Å². The Morgan fingerprint density at radius 1 is 1.44 bits per heavy atom. The van der Waals surface area contributed by atoms with E-state index in [0.717, 1.165) is 18.7 Å². The highest BCUT2D eigenvalue weighted by Crippen LogP contribution is 2.20. The molecule has 5 heteroatoms. The number of nitrogens with zero attached hydrogens (tertiary/aromatic N) is 3. The summed E-state index contributed by atoms with van der Waals surface area (Å²) in [5.41, 5.74) is 0.944. The quantitative estimate of drug-likeness (QED) is 0.747. The van der Waals surface area contributed by atoms with Gasteiger partial charge in [0.15, 0.2) is 0 Å². The van der Waals surface area contributed by atoms with Crippen molar-refractivity contribution in [1.82, 2.24) is 9.88 Å². The Balaban J connectivity index is 2.72. The first-order valence-electron chi connectivity index (χ1n) is 5.92. The minimum atomic E-state index is 0.399. The fourth-order valence-corrected chi connectivity index (χ4v) is 2.18. The molecule has 1 aromatic rings. The average molecular weight is 286 g/mol. The maximum absolute atomic E-state index is 8.67. The highest BCUT2D eigenvalue weighted by molar-refractivity contribution is 6.34.